The number of aromatic amines is 1. The van der Waals surface area contributed by atoms with Crippen molar-refractivity contribution in [3.8, 4) is 0 Å². The lowest BCUT2D eigenvalue weighted by molar-refractivity contribution is 0.293. The molecule has 0 amide bonds. The smallest absolute Gasteiger partial charge is 0.360 e. The van der Waals surface area contributed by atoms with Crippen LogP contribution in [0.5, 0.6) is 0 Å². The topological polar surface area (TPSA) is 66.2 Å². The first-order valence-electron chi connectivity index (χ1n) is 3.03. The van der Waals surface area contributed by atoms with Crippen LogP contribution in [0.25, 0.3) is 0 Å². The highest BCUT2D eigenvalue weighted by Crippen LogP contribution is 1.98. The van der Waals surface area contributed by atoms with Gasteiger partial charge in [0.2, 0.25) is 0 Å². The Balaban J connectivity index is 2.94. The molecule has 0 atom stereocenters. The van der Waals surface area contributed by atoms with Crippen LogP contribution in [0.3, 0.4) is 0 Å². The van der Waals surface area contributed by atoms with Crippen LogP contribution in [-0.4, -0.2) is 16.9 Å². The average molecular weight is 143 g/mol. The van der Waals surface area contributed by atoms with Crippen LogP contribution in [0.4, 0.5) is 0 Å². The molecule has 0 aromatic carbocycles. The quantitative estimate of drug-likeness (QED) is 0.603. The summed E-state index contributed by atoms with van der Waals surface area (Å²) >= 11 is 0. The Morgan fingerprint density at radius 2 is 2.40 bits per heavy atom. The van der Waals surface area contributed by atoms with Gasteiger partial charge in [0.1, 0.15) is 0 Å². The van der Waals surface area contributed by atoms with Crippen LogP contribution >= 0.6 is 0 Å². The van der Waals surface area contributed by atoms with Crippen LogP contribution in [0.2, 0.25) is 0 Å². The molecule has 0 aliphatic rings. The van der Waals surface area contributed by atoms with Gasteiger partial charge in [-0.15, -0.1) is 0 Å². The third kappa shape index (κ3) is 1.11. The fourth-order valence-corrected chi connectivity index (χ4v) is 0.735. The third-order valence-electron chi connectivity index (χ3n) is 1.39. The van der Waals surface area contributed by atoms with Crippen molar-refractivity contribution in [2.24, 2.45) is 0 Å². The van der Waals surface area contributed by atoms with E-state index in [2.05, 4.69) is 9.68 Å². The highest BCUT2D eigenvalue weighted by molar-refractivity contribution is 5.12. The molecule has 1 aromatic heterocycles. The molecule has 4 nitrogen and oxygen atoms in total. The van der Waals surface area contributed by atoms with E-state index < -0.39 is 0 Å². The van der Waals surface area contributed by atoms with Crippen molar-refractivity contribution in [3.05, 3.63) is 21.7 Å². The van der Waals surface area contributed by atoms with Gasteiger partial charge in [-0.2, -0.15) is 0 Å². The lowest BCUT2D eigenvalue weighted by Gasteiger charge is -1.89. The van der Waals surface area contributed by atoms with Gasteiger partial charge in [0.05, 0.1) is 11.3 Å². The number of aliphatic hydroxyl groups is 1. The number of H-pyrrole nitrogens is 1. The number of hydrogen-bond acceptors (Lipinski definition) is 3. The molecule has 0 aliphatic heterocycles. The lowest BCUT2D eigenvalue weighted by Crippen LogP contribution is -1.99. The maximum absolute atomic E-state index is 10.6. The summed E-state index contributed by atoms with van der Waals surface area (Å²) in [5, 5.41) is 10.9. The molecular weight excluding hydrogens is 134 g/mol. The molecule has 0 spiro atoms. The first-order valence-corrected chi connectivity index (χ1v) is 3.03. The van der Waals surface area contributed by atoms with Crippen molar-refractivity contribution < 1.29 is 9.63 Å². The number of nitrogens with one attached hydrogen (secondary N) is 1. The second-order valence-electron chi connectivity index (χ2n) is 2.07. The molecule has 0 saturated carbocycles. The molecule has 1 heterocycles. The van der Waals surface area contributed by atoms with Gasteiger partial charge in [-0.1, -0.05) is 0 Å². The first kappa shape index (κ1) is 7.08. The normalized spacial score (nSPS) is 10.2. The Labute approximate surface area is 57.4 Å². The largest absolute Gasteiger partial charge is 0.396 e. The van der Waals surface area contributed by atoms with E-state index in [1.807, 2.05) is 0 Å². The van der Waals surface area contributed by atoms with Gasteiger partial charge in [0, 0.05) is 13.0 Å². The van der Waals surface area contributed by atoms with Gasteiger partial charge in [0.25, 0.3) is 0 Å². The number of aromatic nitrogens is 1. The summed E-state index contributed by atoms with van der Waals surface area (Å²) in [4.78, 5) is 10.6. The molecule has 0 bridgehead atoms. The van der Waals surface area contributed by atoms with Gasteiger partial charge < -0.3 is 9.63 Å². The fraction of sp³-hybridized carbons (Fsp3) is 0.500. The fourth-order valence-electron chi connectivity index (χ4n) is 0.735. The summed E-state index contributed by atoms with van der Waals surface area (Å²) in [6.45, 7) is 1.68. The second kappa shape index (κ2) is 2.70. The zero-order valence-electron chi connectivity index (χ0n) is 5.68. The van der Waals surface area contributed by atoms with Crippen LogP contribution < -0.4 is 5.63 Å². The van der Waals surface area contributed by atoms with Crippen molar-refractivity contribution in [1.29, 1.82) is 0 Å². The maximum atomic E-state index is 10.6. The van der Waals surface area contributed by atoms with Crippen molar-refractivity contribution >= 4 is 0 Å². The summed E-state index contributed by atoms with van der Waals surface area (Å²) < 4.78 is 4.46. The van der Waals surface area contributed by atoms with E-state index >= 15 is 0 Å². The summed E-state index contributed by atoms with van der Waals surface area (Å²) in [6.07, 6.45) is 0.442. The Hall–Kier alpha value is -1.03. The van der Waals surface area contributed by atoms with Crippen LogP contribution in [0.15, 0.2) is 9.32 Å². The molecule has 56 valence electrons. The van der Waals surface area contributed by atoms with Gasteiger partial charge in [-0.25, -0.2) is 9.95 Å². The van der Waals surface area contributed by atoms with Crippen LogP contribution in [0.1, 0.15) is 11.3 Å². The van der Waals surface area contributed by atoms with E-state index in [4.69, 9.17) is 5.11 Å². The molecule has 10 heavy (non-hydrogen) atoms. The third-order valence-corrected chi connectivity index (χ3v) is 1.39. The Bertz CT molecular complexity index is 260. The molecule has 1 rings (SSSR count). The van der Waals surface area contributed by atoms with E-state index in [1.165, 1.54) is 0 Å². The van der Waals surface area contributed by atoms with Crippen molar-refractivity contribution in [3.63, 3.8) is 0 Å². The molecule has 0 unspecified atom stereocenters. The summed E-state index contributed by atoms with van der Waals surface area (Å²) in [7, 11) is 0. The Morgan fingerprint density at radius 1 is 1.70 bits per heavy atom. The van der Waals surface area contributed by atoms with Gasteiger partial charge in [-0.3, -0.25) is 0 Å². The average Bonchev–Trinajstić information content (AvgIpc) is 2.20. The Morgan fingerprint density at radius 3 is 2.80 bits per heavy atom. The minimum absolute atomic E-state index is 0.0241. The molecule has 0 aliphatic carbocycles. The summed E-state index contributed by atoms with van der Waals surface area (Å²) in [5.41, 5.74) is 0.866. The zero-order valence-corrected chi connectivity index (χ0v) is 5.68. The van der Waals surface area contributed by atoms with E-state index in [0.29, 0.717) is 17.7 Å². The van der Waals surface area contributed by atoms with Gasteiger partial charge in [0.15, 0.2) is 0 Å². The van der Waals surface area contributed by atoms with Crippen LogP contribution in [0, 0.1) is 6.92 Å². The standard InChI is InChI=1S/C6H9NO3/c1-4-5(2-3-8)7-10-6(4)9/h7-8H,2-3H2,1H3. The molecule has 2 N–H and O–H groups in total. The number of aliphatic hydroxyl groups excluding tert-OH is 1. The number of rotatable bonds is 2. The van der Waals surface area contributed by atoms with E-state index in [9.17, 15) is 4.79 Å². The molecule has 0 fully saturated rings. The predicted molar refractivity (Wildman–Crippen MR) is 34.9 cm³/mol. The summed E-state index contributed by atoms with van der Waals surface area (Å²) in [6, 6.07) is 0. The monoisotopic (exact) mass is 143 g/mol. The highest BCUT2D eigenvalue weighted by atomic mass is 16.5. The van der Waals surface area contributed by atoms with Crippen molar-refractivity contribution in [1.82, 2.24) is 5.16 Å². The van der Waals surface area contributed by atoms with Gasteiger partial charge in [-0.05, 0) is 6.92 Å². The second-order valence-corrected chi connectivity index (χ2v) is 2.07. The maximum Gasteiger partial charge on any atom is 0.360 e. The highest BCUT2D eigenvalue weighted by Gasteiger charge is 2.04. The molecular formula is C6H9NO3. The minimum atomic E-state index is -0.358. The molecule has 0 radical (unpaired) electrons. The van der Waals surface area contributed by atoms with Crippen molar-refractivity contribution in [2.75, 3.05) is 6.61 Å². The van der Waals surface area contributed by atoms with E-state index in [1.54, 1.807) is 6.92 Å². The van der Waals surface area contributed by atoms with E-state index in [-0.39, 0.29) is 12.2 Å². The molecule has 1 aromatic rings. The molecule has 4 heteroatoms. The van der Waals surface area contributed by atoms with Crippen LogP contribution in [-0.2, 0) is 6.42 Å². The first-order chi connectivity index (χ1) is 4.75. The number of hydrogen-bond donors (Lipinski definition) is 2. The van der Waals surface area contributed by atoms with Gasteiger partial charge >= 0.3 is 5.63 Å². The Kier molecular flexibility index (Phi) is 1.91. The summed E-state index contributed by atoms with van der Waals surface area (Å²) in [5.74, 6) is 0. The molecule has 0 saturated heterocycles. The van der Waals surface area contributed by atoms with E-state index in [0.717, 1.165) is 0 Å². The minimum Gasteiger partial charge on any atom is -0.396 e. The predicted octanol–water partition coefficient (Wildman–Crippen LogP) is -0.189. The van der Waals surface area contributed by atoms with Crippen molar-refractivity contribution in [2.45, 2.75) is 13.3 Å². The lowest BCUT2D eigenvalue weighted by atomic mass is 10.2. The SMILES string of the molecule is Cc1c(CCO)[nH]oc1=O. The zero-order chi connectivity index (χ0) is 7.56.